The van der Waals surface area contributed by atoms with E-state index in [0.717, 1.165) is 0 Å². The van der Waals surface area contributed by atoms with Gasteiger partial charge in [0.15, 0.2) is 0 Å². The van der Waals surface area contributed by atoms with Gasteiger partial charge >= 0.3 is 0 Å². The number of amides is 1. The maximum atomic E-state index is 11.7. The van der Waals surface area contributed by atoms with E-state index in [9.17, 15) is 4.79 Å². The Morgan fingerprint density at radius 2 is 2.33 bits per heavy atom. The molecule has 2 heterocycles. The number of hydrogen-bond donors (Lipinski definition) is 2. The van der Waals surface area contributed by atoms with Crippen LogP contribution >= 0.6 is 11.6 Å². The molecule has 0 fully saturated rings. The molecule has 7 nitrogen and oxygen atoms in total. The minimum Gasteiger partial charge on any atom is -0.350 e. The molecular weight excluding hydrogens is 256 g/mol. The van der Waals surface area contributed by atoms with Crippen molar-refractivity contribution in [1.82, 2.24) is 20.2 Å². The van der Waals surface area contributed by atoms with Gasteiger partial charge in [0.2, 0.25) is 11.9 Å². The second-order valence-electron chi connectivity index (χ2n) is 3.57. The maximum absolute atomic E-state index is 11.7. The summed E-state index contributed by atoms with van der Waals surface area (Å²) >= 11 is 5.74. The van der Waals surface area contributed by atoms with E-state index >= 15 is 0 Å². The fourth-order valence-corrected chi connectivity index (χ4v) is 1.44. The predicted octanol–water partition coefficient (Wildman–Crippen LogP) is 0.928. The lowest BCUT2D eigenvalue weighted by molar-refractivity contribution is -0.115. The Bertz CT molecular complexity index is 512. The monoisotopic (exact) mass is 266 g/mol. The zero-order chi connectivity index (χ0) is 13.0. The van der Waals surface area contributed by atoms with Gasteiger partial charge in [-0.3, -0.25) is 10.1 Å². The van der Waals surface area contributed by atoms with Gasteiger partial charge in [-0.15, -0.1) is 0 Å². The van der Waals surface area contributed by atoms with E-state index in [-0.39, 0.29) is 12.5 Å². The number of anilines is 2. The summed E-state index contributed by atoms with van der Waals surface area (Å²) in [5.41, 5.74) is 0. The molecule has 0 saturated heterocycles. The van der Waals surface area contributed by atoms with Crippen molar-refractivity contribution in [1.29, 1.82) is 0 Å². The van der Waals surface area contributed by atoms with Crippen LogP contribution in [-0.2, 0) is 4.79 Å². The zero-order valence-electron chi connectivity index (χ0n) is 9.59. The van der Waals surface area contributed by atoms with Crippen molar-refractivity contribution in [2.24, 2.45) is 0 Å². The molecule has 0 aliphatic rings. The number of aromatic nitrogens is 4. The van der Waals surface area contributed by atoms with Crippen LogP contribution in [0.25, 0.3) is 0 Å². The Hall–Kier alpha value is -2.15. The van der Waals surface area contributed by atoms with Crippen molar-refractivity contribution in [3.63, 3.8) is 0 Å². The van der Waals surface area contributed by atoms with Gasteiger partial charge in [0.25, 0.3) is 0 Å². The molecule has 94 valence electrons. The summed E-state index contributed by atoms with van der Waals surface area (Å²) in [5.74, 6) is 0.760. The average molecular weight is 267 g/mol. The highest BCUT2D eigenvalue weighted by Crippen LogP contribution is 2.12. The number of hydrogen-bond acceptors (Lipinski definition) is 5. The molecule has 0 spiro atoms. The van der Waals surface area contributed by atoms with Gasteiger partial charge in [-0.05, 0) is 12.1 Å². The van der Waals surface area contributed by atoms with Crippen LogP contribution < -0.4 is 10.2 Å². The van der Waals surface area contributed by atoms with Gasteiger partial charge in [0.1, 0.15) is 12.1 Å². The lowest BCUT2D eigenvalue weighted by Gasteiger charge is -2.16. The molecule has 0 aliphatic heterocycles. The molecule has 2 aromatic rings. The Labute approximate surface area is 108 Å². The third-order valence-corrected chi connectivity index (χ3v) is 2.38. The molecule has 0 radical (unpaired) electrons. The summed E-state index contributed by atoms with van der Waals surface area (Å²) in [5, 5.41) is 9.30. The molecule has 0 aromatic carbocycles. The number of carbonyl (C=O) groups excluding carboxylic acids is 1. The molecule has 0 unspecified atom stereocenters. The summed E-state index contributed by atoms with van der Waals surface area (Å²) in [6, 6.07) is 3.46. The number of nitrogens with zero attached hydrogens (tertiary/aromatic N) is 4. The summed E-state index contributed by atoms with van der Waals surface area (Å²) in [6.07, 6.45) is 2.85. The van der Waals surface area contributed by atoms with E-state index in [0.29, 0.717) is 16.8 Å². The lowest BCUT2D eigenvalue weighted by Crippen LogP contribution is -2.30. The van der Waals surface area contributed by atoms with Crippen LogP contribution in [0.3, 0.4) is 0 Å². The van der Waals surface area contributed by atoms with Gasteiger partial charge in [0, 0.05) is 13.2 Å². The number of carbonyl (C=O) groups is 1. The topological polar surface area (TPSA) is 86.8 Å². The number of aromatic amines is 1. The maximum Gasteiger partial charge on any atom is 0.246 e. The van der Waals surface area contributed by atoms with Crippen molar-refractivity contribution in [2.75, 3.05) is 23.8 Å². The Morgan fingerprint density at radius 1 is 1.50 bits per heavy atom. The number of likely N-dealkylation sites (N-methyl/N-ethyl adjacent to an activating group) is 1. The number of H-pyrrole nitrogens is 1. The highest BCUT2D eigenvalue weighted by Gasteiger charge is 2.09. The average Bonchev–Trinajstić information content (AvgIpc) is 2.82. The van der Waals surface area contributed by atoms with Gasteiger partial charge in [0.05, 0.1) is 11.6 Å². The van der Waals surface area contributed by atoms with Gasteiger partial charge in [-0.2, -0.15) is 10.1 Å². The van der Waals surface area contributed by atoms with Crippen LogP contribution in [0.1, 0.15) is 0 Å². The molecule has 1 amide bonds. The Balaban J connectivity index is 1.92. The zero-order valence-corrected chi connectivity index (χ0v) is 10.3. The van der Waals surface area contributed by atoms with Crippen molar-refractivity contribution in [3.8, 4) is 0 Å². The second kappa shape index (κ2) is 5.46. The van der Waals surface area contributed by atoms with Crippen molar-refractivity contribution < 1.29 is 4.79 Å². The second-order valence-corrected chi connectivity index (χ2v) is 4.01. The third-order valence-electron chi connectivity index (χ3n) is 2.16. The van der Waals surface area contributed by atoms with Crippen LogP contribution in [0.4, 0.5) is 11.8 Å². The van der Waals surface area contributed by atoms with E-state index in [1.807, 2.05) is 0 Å². The van der Waals surface area contributed by atoms with Crippen molar-refractivity contribution in [2.45, 2.75) is 0 Å². The fourth-order valence-electron chi connectivity index (χ4n) is 1.33. The molecule has 2 N–H and O–H groups in total. The lowest BCUT2D eigenvalue weighted by atomic mass is 10.4. The van der Waals surface area contributed by atoms with E-state index in [1.165, 1.54) is 12.5 Å². The first-order valence-electron chi connectivity index (χ1n) is 5.13. The summed E-state index contributed by atoms with van der Waals surface area (Å²) in [6.45, 7) is 0.148. The van der Waals surface area contributed by atoms with E-state index < -0.39 is 0 Å². The SMILES string of the molecule is CN(CC(=O)Nc1ncn[nH]1)c1ccc(Cl)cn1. The molecule has 8 heteroatoms. The molecule has 2 aromatic heterocycles. The molecule has 0 saturated carbocycles. The highest BCUT2D eigenvalue weighted by atomic mass is 35.5. The van der Waals surface area contributed by atoms with Gasteiger partial charge in [-0.1, -0.05) is 11.6 Å². The molecule has 0 aliphatic carbocycles. The number of pyridine rings is 1. The number of rotatable bonds is 4. The molecule has 0 atom stereocenters. The van der Waals surface area contributed by atoms with Crippen LogP contribution in [0.5, 0.6) is 0 Å². The van der Waals surface area contributed by atoms with Crippen LogP contribution in [0, 0.1) is 0 Å². The molecule has 0 bridgehead atoms. The van der Waals surface area contributed by atoms with Crippen LogP contribution in [0.15, 0.2) is 24.7 Å². The predicted molar refractivity (Wildman–Crippen MR) is 67.5 cm³/mol. The first-order chi connectivity index (χ1) is 8.65. The molecule has 2 rings (SSSR count). The van der Waals surface area contributed by atoms with E-state index in [4.69, 9.17) is 11.6 Å². The standard InChI is InChI=1S/C10H11ClN6O/c1-17(8-3-2-7(11)4-12-8)5-9(18)15-10-13-6-14-16-10/h2-4,6H,5H2,1H3,(H2,13,14,15,16,18). The molecule has 18 heavy (non-hydrogen) atoms. The normalized spacial score (nSPS) is 10.1. The Morgan fingerprint density at radius 3 is 2.94 bits per heavy atom. The van der Waals surface area contributed by atoms with E-state index in [1.54, 1.807) is 24.1 Å². The smallest absolute Gasteiger partial charge is 0.246 e. The Kier molecular flexibility index (Phi) is 3.73. The minimum absolute atomic E-state index is 0.148. The number of nitrogens with one attached hydrogen (secondary N) is 2. The van der Waals surface area contributed by atoms with Gasteiger partial charge < -0.3 is 4.90 Å². The van der Waals surface area contributed by atoms with Crippen LogP contribution in [0.2, 0.25) is 5.02 Å². The largest absolute Gasteiger partial charge is 0.350 e. The summed E-state index contributed by atoms with van der Waals surface area (Å²) in [4.78, 5) is 21.3. The van der Waals surface area contributed by atoms with E-state index in [2.05, 4.69) is 25.5 Å². The van der Waals surface area contributed by atoms with Crippen molar-refractivity contribution >= 4 is 29.3 Å². The third kappa shape index (κ3) is 3.17. The van der Waals surface area contributed by atoms with Crippen LogP contribution in [-0.4, -0.2) is 39.7 Å². The number of halogens is 1. The first-order valence-corrected chi connectivity index (χ1v) is 5.51. The van der Waals surface area contributed by atoms with Crippen molar-refractivity contribution in [3.05, 3.63) is 29.7 Å². The fraction of sp³-hybridized carbons (Fsp3) is 0.200. The summed E-state index contributed by atoms with van der Waals surface area (Å²) < 4.78 is 0. The quantitative estimate of drug-likeness (QED) is 0.860. The molecular formula is C10H11ClN6O. The summed E-state index contributed by atoms with van der Waals surface area (Å²) in [7, 11) is 1.76. The van der Waals surface area contributed by atoms with Gasteiger partial charge in [-0.25, -0.2) is 10.1 Å². The minimum atomic E-state index is -0.217. The first kappa shape index (κ1) is 12.3. The highest BCUT2D eigenvalue weighted by molar-refractivity contribution is 6.30.